The van der Waals surface area contributed by atoms with E-state index in [-0.39, 0.29) is 11.3 Å². The van der Waals surface area contributed by atoms with Gasteiger partial charge in [0.15, 0.2) is 5.13 Å². The maximum absolute atomic E-state index is 13.3. The molecule has 0 bridgehead atoms. The van der Waals surface area contributed by atoms with Crippen molar-refractivity contribution in [2.45, 2.75) is 13.0 Å². The van der Waals surface area contributed by atoms with Crippen molar-refractivity contribution in [3.05, 3.63) is 94.0 Å². The number of carbonyl (C=O) groups excluding carboxylic acids is 2. The molecule has 4 aromatic rings. The zero-order valence-electron chi connectivity index (χ0n) is 18.3. The van der Waals surface area contributed by atoms with Gasteiger partial charge in [-0.1, -0.05) is 52.8 Å². The Kier molecular flexibility index (Phi) is 5.59. The van der Waals surface area contributed by atoms with Crippen LogP contribution < -0.4 is 9.64 Å². The van der Waals surface area contributed by atoms with E-state index in [4.69, 9.17) is 16.3 Å². The number of thiazole rings is 1. The van der Waals surface area contributed by atoms with Crippen LogP contribution in [0.4, 0.5) is 5.13 Å². The number of Topliss-reactive ketones (excluding diaryl/α,β-unsaturated/α-hetero) is 1. The molecule has 1 atom stereocenters. The molecule has 1 fully saturated rings. The van der Waals surface area contributed by atoms with Gasteiger partial charge in [0.25, 0.3) is 5.78 Å². The van der Waals surface area contributed by atoms with Gasteiger partial charge in [0.1, 0.15) is 11.5 Å². The number of ketones is 1. The second-order valence-electron chi connectivity index (χ2n) is 7.92. The quantitative estimate of drug-likeness (QED) is 0.219. The lowest BCUT2D eigenvalue weighted by Gasteiger charge is -2.23. The molecule has 2 heterocycles. The normalized spacial score (nSPS) is 17.5. The predicted molar refractivity (Wildman–Crippen MR) is 134 cm³/mol. The molecule has 1 aromatic heterocycles. The van der Waals surface area contributed by atoms with Gasteiger partial charge in [0, 0.05) is 10.6 Å². The largest absolute Gasteiger partial charge is 0.507 e. The number of rotatable bonds is 4. The molecule has 170 valence electrons. The number of anilines is 1. The molecular formula is C26H19ClN2O4S. The monoisotopic (exact) mass is 490 g/mol. The molecule has 6 nitrogen and oxygen atoms in total. The fourth-order valence-electron chi connectivity index (χ4n) is 3.99. The summed E-state index contributed by atoms with van der Waals surface area (Å²) in [6.07, 6.45) is 0. The van der Waals surface area contributed by atoms with E-state index in [1.165, 1.54) is 16.2 Å². The van der Waals surface area contributed by atoms with Crippen LogP contribution in [0.5, 0.6) is 5.75 Å². The first kappa shape index (κ1) is 22.1. The number of aliphatic hydroxyl groups excluding tert-OH is 1. The van der Waals surface area contributed by atoms with Crippen LogP contribution >= 0.6 is 22.9 Å². The number of aliphatic hydroxyl groups is 1. The first-order valence-corrected chi connectivity index (χ1v) is 11.6. The molecule has 1 saturated heterocycles. The highest BCUT2D eigenvalue weighted by Gasteiger charge is 2.48. The van der Waals surface area contributed by atoms with Crippen LogP contribution in [0.1, 0.15) is 22.7 Å². The van der Waals surface area contributed by atoms with Crippen LogP contribution in [-0.4, -0.2) is 28.9 Å². The third-order valence-corrected chi connectivity index (χ3v) is 7.00. The smallest absolute Gasteiger partial charge is 0.301 e. The molecule has 0 aliphatic carbocycles. The summed E-state index contributed by atoms with van der Waals surface area (Å²) in [5.41, 5.74) is 2.81. The van der Waals surface area contributed by atoms with Crippen molar-refractivity contribution in [1.82, 2.24) is 4.98 Å². The third-order valence-electron chi connectivity index (χ3n) is 5.75. The molecule has 8 heteroatoms. The van der Waals surface area contributed by atoms with Crippen molar-refractivity contribution >= 4 is 55.7 Å². The Labute approximate surface area is 204 Å². The molecule has 1 unspecified atom stereocenters. The van der Waals surface area contributed by atoms with Crippen LogP contribution in [0.3, 0.4) is 0 Å². The van der Waals surface area contributed by atoms with Gasteiger partial charge < -0.3 is 9.84 Å². The molecule has 1 aliphatic rings. The predicted octanol–water partition coefficient (Wildman–Crippen LogP) is 5.89. The van der Waals surface area contributed by atoms with E-state index in [1.54, 1.807) is 49.6 Å². The van der Waals surface area contributed by atoms with E-state index >= 15 is 0 Å². The highest BCUT2D eigenvalue weighted by molar-refractivity contribution is 7.22. The van der Waals surface area contributed by atoms with Crippen molar-refractivity contribution in [2.24, 2.45) is 0 Å². The maximum Gasteiger partial charge on any atom is 0.301 e. The lowest BCUT2D eigenvalue weighted by Crippen LogP contribution is -2.29. The van der Waals surface area contributed by atoms with Crippen LogP contribution in [0.2, 0.25) is 5.02 Å². The van der Waals surface area contributed by atoms with Crippen molar-refractivity contribution in [1.29, 1.82) is 0 Å². The number of aromatic nitrogens is 1. The maximum atomic E-state index is 13.3. The number of hydrogen-bond donors (Lipinski definition) is 1. The zero-order valence-corrected chi connectivity index (χ0v) is 19.9. The minimum atomic E-state index is -0.835. The average molecular weight is 491 g/mol. The summed E-state index contributed by atoms with van der Waals surface area (Å²) in [5.74, 6) is -1.15. The molecular weight excluding hydrogens is 472 g/mol. The van der Waals surface area contributed by atoms with Gasteiger partial charge in [-0.2, -0.15) is 0 Å². The molecule has 1 amide bonds. The second kappa shape index (κ2) is 8.59. The van der Waals surface area contributed by atoms with Gasteiger partial charge in [-0.3, -0.25) is 14.5 Å². The van der Waals surface area contributed by atoms with Crippen LogP contribution in [-0.2, 0) is 9.59 Å². The third kappa shape index (κ3) is 3.73. The molecule has 1 aliphatic heterocycles. The number of halogens is 1. The first-order chi connectivity index (χ1) is 16.4. The van der Waals surface area contributed by atoms with Crippen LogP contribution in [0, 0.1) is 6.92 Å². The summed E-state index contributed by atoms with van der Waals surface area (Å²) < 4.78 is 5.98. The number of aryl methyl sites for hydroxylation is 1. The number of carbonyl (C=O) groups is 2. The number of fused-ring (bicyclic) bond motifs is 1. The molecule has 0 saturated carbocycles. The fourth-order valence-corrected chi connectivity index (χ4v) is 5.26. The average Bonchev–Trinajstić information content (AvgIpc) is 3.37. The van der Waals surface area contributed by atoms with Crippen LogP contribution in [0.15, 0.2) is 72.3 Å². The Morgan fingerprint density at radius 3 is 2.44 bits per heavy atom. The lowest BCUT2D eigenvalue weighted by atomic mass is 9.95. The zero-order chi connectivity index (χ0) is 24.0. The van der Waals surface area contributed by atoms with E-state index < -0.39 is 17.7 Å². The van der Waals surface area contributed by atoms with Crippen molar-refractivity contribution < 1.29 is 19.4 Å². The molecule has 1 N–H and O–H groups in total. The summed E-state index contributed by atoms with van der Waals surface area (Å²) in [5, 5.41) is 12.1. The molecule has 5 rings (SSSR count). The SMILES string of the molecule is COc1ccc(/C(O)=C2\C(=O)C(=O)N(c3nc4ccc(Cl)cc4s3)C2c2ccc(C)cc2)cc1. The summed E-state index contributed by atoms with van der Waals surface area (Å²) in [6.45, 7) is 1.95. The molecule has 0 spiro atoms. The minimum absolute atomic E-state index is 0.0105. The Hall–Kier alpha value is -3.68. The standard InChI is InChI=1S/C26H19ClN2O4S/c1-14-3-5-15(6-4-14)22-21(23(30)16-7-10-18(33-2)11-8-16)24(31)25(32)29(22)26-28-19-12-9-17(27)13-20(19)34-26/h3-13,22,30H,1-2H3/b23-21+. The Morgan fingerprint density at radius 1 is 1.06 bits per heavy atom. The van der Waals surface area contributed by atoms with Gasteiger partial charge in [0.2, 0.25) is 0 Å². The summed E-state index contributed by atoms with van der Waals surface area (Å²) in [6, 6.07) is 18.6. The minimum Gasteiger partial charge on any atom is -0.507 e. The highest BCUT2D eigenvalue weighted by Crippen LogP contribution is 2.44. The molecule has 3 aromatic carbocycles. The number of methoxy groups -OCH3 is 1. The van der Waals surface area contributed by atoms with Gasteiger partial charge in [-0.05, 0) is 55.0 Å². The van der Waals surface area contributed by atoms with Crippen molar-refractivity contribution in [3.63, 3.8) is 0 Å². The number of ether oxygens (including phenoxy) is 1. The second-order valence-corrected chi connectivity index (χ2v) is 9.36. The highest BCUT2D eigenvalue weighted by atomic mass is 35.5. The van der Waals surface area contributed by atoms with Crippen LogP contribution in [0.25, 0.3) is 16.0 Å². The first-order valence-electron chi connectivity index (χ1n) is 10.5. The number of amides is 1. The van der Waals surface area contributed by atoms with E-state index in [9.17, 15) is 14.7 Å². The van der Waals surface area contributed by atoms with Gasteiger partial charge in [-0.15, -0.1) is 0 Å². The van der Waals surface area contributed by atoms with E-state index in [0.29, 0.717) is 32.5 Å². The Bertz CT molecular complexity index is 1460. The number of hydrogen-bond acceptors (Lipinski definition) is 6. The lowest BCUT2D eigenvalue weighted by molar-refractivity contribution is -0.132. The van der Waals surface area contributed by atoms with Gasteiger partial charge in [-0.25, -0.2) is 4.98 Å². The van der Waals surface area contributed by atoms with E-state index in [1.807, 2.05) is 31.2 Å². The fraction of sp³-hybridized carbons (Fsp3) is 0.115. The summed E-state index contributed by atoms with van der Waals surface area (Å²) in [4.78, 5) is 32.5. The Morgan fingerprint density at radius 2 is 1.76 bits per heavy atom. The summed E-state index contributed by atoms with van der Waals surface area (Å²) in [7, 11) is 1.54. The van der Waals surface area contributed by atoms with Gasteiger partial charge in [0.05, 0.1) is 28.9 Å². The van der Waals surface area contributed by atoms with Crippen molar-refractivity contribution in [2.75, 3.05) is 12.0 Å². The molecule has 34 heavy (non-hydrogen) atoms. The topological polar surface area (TPSA) is 79.7 Å². The number of nitrogens with zero attached hydrogens (tertiary/aromatic N) is 2. The van der Waals surface area contributed by atoms with Crippen molar-refractivity contribution in [3.8, 4) is 5.75 Å². The van der Waals surface area contributed by atoms with E-state index in [0.717, 1.165) is 10.3 Å². The Balaban J connectivity index is 1.71. The summed E-state index contributed by atoms with van der Waals surface area (Å²) >= 11 is 7.39. The number of benzene rings is 3. The molecule has 0 radical (unpaired) electrons. The van der Waals surface area contributed by atoms with E-state index in [2.05, 4.69) is 4.98 Å². The van der Waals surface area contributed by atoms with Gasteiger partial charge >= 0.3 is 5.91 Å².